The van der Waals surface area contributed by atoms with E-state index in [4.69, 9.17) is 5.26 Å². The van der Waals surface area contributed by atoms with E-state index >= 15 is 0 Å². The van der Waals surface area contributed by atoms with Gasteiger partial charge in [0.2, 0.25) is 0 Å². The van der Waals surface area contributed by atoms with Crippen molar-refractivity contribution in [2.45, 2.75) is 12.5 Å². The third-order valence-corrected chi connectivity index (χ3v) is 4.28. The van der Waals surface area contributed by atoms with E-state index in [9.17, 15) is 4.39 Å². The summed E-state index contributed by atoms with van der Waals surface area (Å²) in [5, 5.41) is 12.2. The zero-order valence-electron chi connectivity index (χ0n) is 11.5. The Balaban J connectivity index is 1.64. The largest absolute Gasteiger partial charge is 0.367 e. The summed E-state index contributed by atoms with van der Waals surface area (Å²) < 4.78 is 14.0. The Morgan fingerprint density at radius 1 is 1.25 bits per heavy atom. The van der Waals surface area contributed by atoms with Gasteiger partial charge in [0, 0.05) is 38.8 Å². The Bertz CT molecular complexity index is 511. The molecular weight excluding hydrogens is 255 g/mol. The Kier molecular flexibility index (Phi) is 3.86. The van der Waals surface area contributed by atoms with Crippen molar-refractivity contribution < 1.29 is 4.39 Å². The van der Waals surface area contributed by atoms with Crippen molar-refractivity contribution in [3.8, 4) is 6.07 Å². The number of anilines is 1. The molecule has 3 rings (SSSR count). The monoisotopic (exact) mass is 274 g/mol. The van der Waals surface area contributed by atoms with Gasteiger partial charge in [-0.1, -0.05) is 0 Å². The Morgan fingerprint density at radius 2 is 2.05 bits per heavy atom. The van der Waals surface area contributed by atoms with Gasteiger partial charge in [0.05, 0.1) is 17.3 Å². The second-order valence-electron chi connectivity index (χ2n) is 5.45. The summed E-state index contributed by atoms with van der Waals surface area (Å²) in [5.41, 5.74) is 0.995. The third-order valence-electron chi connectivity index (χ3n) is 4.28. The van der Waals surface area contributed by atoms with Gasteiger partial charge in [-0.3, -0.25) is 4.90 Å². The smallest absolute Gasteiger partial charge is 0.147 e. The molecule has 2 aliphatic rings. The molecular formula is C15H19FN4. The molecule has 0 amide bonds. The van der Waals surface area contributed by atoms with E-state index in [-0.39, 0.29) is 5.82 Å². The van der Waals surface area contributed by atoms with E-state index in [1.54, 1.807) is 12.1 Å². The molecule has 5 heteroatoms. The van der Waals surface area contributed by atoms with E-state index in [2.05, 4.69) is 15.1 Å². The highest BCUT2D eigenvalue weighted by Crippen LogP contribution is 2.22. The second-order valence-corrected chi connectivity index (χ2v) is 5.45. The summed E-state index contributed by atoms with van der Waals surface area (Å²) in [7, 11) is 0. The molecule has 0 aromatic heterocycles. The van der Waals surface area contributed by atoms with Crippen molar-refractivity contribution in [3.05, 3.63) is 29.6 Å². The van der Waals surface area contributed by atoms with Crippen molar-refractivity contribution >= 4 is 5.69 Å². The summed E-state index contributed by atoms with van der Waals surface area (Å²) in [6.45, 7) is 5.83. The van der Waals surface area contributed by atoms with E-state index in [0.29, 0.717) is 17.3 Å². The first-order chi connectivity index (χ1) is 9.78. The molecule has 1 aromatic rings. The SMILES string of the molecule is N#Cc1ccc(N2CCN(C3CCNC3)CC2)c(F)c1. The standard InChI is InChI=1S/C15H19FN4/c16-14-9-12(10-17)1-2-15(14)20-7-5-19(6-8-20)13-3-4-18-11-13/h1-2,9,13,18H,3-8,11H2. The van der Waals surface area contributed by atoms with Crippen LogP contribution in [0.2, 0.25) is 0 Å². The molecule has 1 atom stereocenters. The fourth-order valence-electron chi connectivity index (χ4n) is 3.11. The van der Waals surface area contributed by atoms with Crippen molar-refractivity contribution in [1.82, 2.24) is 10.2 Å². The fourth-order valence-corrected chi connectivity index (χ4v) is 3.11. The van der Waals surface area contributed by atoms with Crippen LogP contribution in [0.4, 0.5) is 10.1 Å². The molecule has 2 heterocycles. The van der Waals surface area contributed by atoms with Crippen molar-refractivity contribution in [1.29, 1.82) is 5.26 Å². The highest BCUT2D eigenvalue weighted by Gasteiger charge is 2.26. The predicted octanol–water partition coefficient (Wildman–Crippen LogP) is 1.18. The predicted molar refractivity (Wildman–Crippen MR) is 76.2 cm³/mol. The van der Waals surface area contributed by atoms with Crippen LogP contribution in [0.15, 0.2) is 18.2 Å². The van der Waals surface area contributed by atoms with Crippen LogP contribution in [0.5, 0.6) is 0 Å². The number of benzene rings is 1. The molecule has 0 spiro atoms. The van der Waals surface area contributed by atoms with Crippen LogP contribution in [0.1, 0.15) is 12.0 Å². The fraction of sp³-hybridized carbons (Fsp3) is 0.533. The van der Waals surface area contributed by atoms with Crippen LogP contribution in [0.3, 0.4) is 0 Å². The molecule has 0 bridgehead atoms. The number of piperazine rings is 1. The Morgan fingerprint density at radius 3 is 2.65 bits per heavy atom. The molecule has 0 radical (unpaired) electrons. The number of halogens is 1. The van der Waals surface area contributed by atoms with E-state index in [0.717, 1.165) is 39.3 Å². The lowest BCUT2D eigenvalue weighted by Crippen LogP contribution is -2.51. The van der Waals surface area contributed by atoms with Crippen LogP contribution in [-0.4, -0.2) is 50.2 Å². The molecule has 4 nitrogen and oxygen atoms in total. The van der Waals surface area contributed by atoms with E-state index in [1.807, 2.05) is 6.07 Å². The summed E-state index contributed by atoms with van der Waals surface area (Å²) in [5.74, 6) is -0.292. The summed E-state index contributed by atoms with van der Waals surface area (Å²) in [6.07, 6.45) is 1.21. The van der Waals surface area contributed by atoms with Crippen LogP contribution in [0.25, 0.3) is 0 Å². The molecule has 20 heavy (non-hydrogen) atoms. The number of hydrogen-bond acceptors (Lipinski definition) is 4. The lowest BCUT2D eigenvalue weighted by Gasteiger charge is -2.39. The normalized spacial score (nSPS) is 23.8. The molecule has 106 valence electrons. The molecule has 0 aliphatic carbocycles. The Hall–Kier alpha value is -1.64. The van der Waals surface area contributed by atoms with Gasteiger partial charge in [-0.25, -0.2) is 4.39 Å². The minimum absolute atomic E-state index is 0.292. The van der Waals surface area contributed by atoms with Crippen molar-refractivity contribution in [2.24, 2.45) is 0 Å². The zero-order valence-corrected chi connectivity index (χ0v) is 11.5. The van der Waals surface area contributed by atoms with Gasteiger partial charge in [0.1, 0.15) is 5.82 Å². The average Bonchev–Trinajstić information content (AvgIpc) is 3.01. The van der Waals surface area contributed by atoms with Crippen LogP contribution < -0.4 is 10.2 Å². The Labute approximate surface area is 118 Å². The maximum absolute atomic E-state index is 14.0. The number of nitrogens with one attached hydrogen (secondary N) is 1. The summed E-state index contributed by atoms with van der Waals surface area (Å²) >= 11 is 0. The first-order valence-electron chi connectivity index (χ1n) is 7.17. The maximum atomic E-state index is 14.0. The molecule has 0 saturated carbocycles. The molecule has 2 saturated heterocycles. The first kappa shape index (κ1) is 13.3. The third kappa shape index (κ3) is 2.62. The highest BCUT2D eigenvalue weighted by atomic mass is 19.1. The van der Waals surface area contributed by atoms with E-state index in [1.165, 1.54) is 12.5 Å². The minimum atomic E-state index is -0.292. The highest BCUT2D eigenvalue weighted by molar-refractivity contribution is 5.51. The molecule has 1 N–H and O–H groups in total. The van der Waals surface area contributed by atoms with Crippen molar-refractivity contribution in [3.63, 3.8) is 0 Å². The van der Waals surface area contributed by atoms with Gasteiger partial charge in [0.15, 0.2) is 0 Å². The lowest BCUT2D eigenvalue weighted by atomic mass is 10.1. The maximum Gasteiger partial charge on any atom is 0.147 e. The number of rotatable bonds is 2. The van der Waals surface area contributed by atoms with E-state index < -0.39 is 0 Å². The molecule has 1 aromatic carbocycles. The van der Waals surface area contributed by atoms with Crippen molar-refractivity contribution in [2.75, 3.05) is 44.2 Å². The first-order valence-corrected chi connectivity index (χ1v) is 7.17. The quantitative estimate of drug-likeness (QED) is 0.879. The van der Waals surface area contributed by atoms with Gasteiger partial charge in [-0.2, -0.15) is 5.26 Å². The minimum Gasteiger partial charge on any atom is -0.367 e. The number of nitrogens with zero attached hydrogens (tertiary/aromatic N) is 3. The number of nitriles is 1. The second kappa shape index (κ2) is 5.78. The van der Waals surface area contributed by atoms with Gasteiger partial charge in [0.25, 0.3) is 0 Å². The molecule has 1 unspecified atom stereocenters. The summed E-state index contributed by atoms with van der Waals surface area (Å²) in [4.78, 5) is 4.58. The van der Waals surface area contributed by atoms with Gasteiger partial charge in [-0.05, 0) is 31.2 Å². The zero-order chi connectivity index (χ0) is 13.9. The van der Waals surface area contributed by atoms with Gasteiger partial charge < -0.3 is 10.2 Å². The lowest BCUT2D eigenvalue weighted by molar-refractivity contribution is 0.196. The van der Waals surface area contributed by atoms with Crippen LogP contribution in [0, 0.1) is 17.1 Å². The summed E-state index contributed by atoms with van der Waals surface area (Å²) in [6, 6.07) is 7.34. The van der Waals surface area contributed by atoms with Crippen LogP contribution >= 0.6 is 0 Å². The van der Waals surface area contributed by atoms with Gasteiger partial charge >= 0.3 is 0 Å². The topological polar surface area (TPSA) is 42.3 Å². The average molecular weight is 274 g/mol. The molecule has 2 fully saturated rings. The molecule has 2 aliphatic heterocycles. The van der Waals surface area contributed by atoms with Crippen LogP contribution in [-0.2, 0) is 0 Å². The van der Waals surface area contributed by atoms with Gasteiger partial charge in [-0.15, -0.1) is 0 Å². The number of hydrogen-bond donors (Lipinski definition) is 1.